The number of fused-ring (bicyclic) bond motifs is 5. The number of nitrogens with two attached hydrogens (primary N) is 1. The summed E-state index contributed by atoms with van der Waals surface area (Å²) in [4.78, 5) is 76.7. The number of hydrogen-bond donors (Lipinski definition) is 7. The normalized spacial score (nSPS) is 10.6. The van der Waals surface area contributed by atoms with Crippen molar-refractivity contribution in [1.29, 1.82) is 0 Å². The summed E-state index contributed by atoms with van der Waals surface area (Å²) < 4.78 is 111. The van der Waals surface area contributed by atoms with Crippen LogP contribution in [-0.4, -0.2) is 116 Å². The summed E-state index contributed by atoms with van der Waals surface area (Å²) in [6.07, 6.45) is 3.00. The third-order valence-corrected chi connectivity index (χ3v) is 23.8. The van der Waals surface area contributed by atoms with Gasteiger partial charge < -0.3 is 69.4 Å². The number of nitrogens with zero attached hydrogens (tertiary/aromatic N) is 12. The number of nitrogen functional groups attached to an aromatic ring is 1. The van der Waals surface area contributed by atoms with Crippen LogP contribution in [0.5, 0.6) is 0 Å². The minimum atomic E-state index is -1.71. The molecule has 7 heterocycles. The number of halogens is 12. The molecule has 40 heteroatoms. The molecular formula is C95H88BBr5F7N17O10. The maximum Gasteiger partial charge on any atom is 0.505 e. The first-order chi connectivity index (χ1) is 64.5. The Morgan fingerprint density at radius 1 is 0.459 bits per heavy atom. The van der Waals surface area contributed by atoms with Crippen LogP contribution in [-0.2, 0) is 56.8 Å². The zero-order chi connectivity index (χ0) is 98.5. The number of anilines is 5. The monoisotopic (exact) mass is 2170 g/mol. The SMILES string of the molecule is CC.CNc1c(N)ccc(Br)c1F.CNc1c([N+](=O)[O-])ccc(Br)c1F.COC(=O)c1cnc(N(Cc2ccccc2)Cc2ccccc2)c2[nH]c(-c3ccc4nc(C)n(C)c4c3F)cc12.COC(=O)c1cnc(N(Cc2ccccc2)Cc2ccccc2)c2[nH]c(B(O)O)cc12.Cc1nc2ccc(Br)c(F)c2n1C.Cc1nc2ccc(Br)c(F)c2n1C.O=[N+]([O-])c1ccc(Br)c(F)c1F. The van der Waals surface area contributed by atoms with E-state index in [4.69, 9.17) is 20.2 Å². The van der Waals surface area contributed by atoms with Crippen LogP contribution < -0.4 is 31.8 Å². The summed E-state index contributed by atoms with van der Waals surface area (Å²) in [7, 11) is 9.39. The summed E-state index contributed by atoms with van der Waals surface area (Å²) in [6.45, 7) is 11.9. The number of pyridine rings is 2. The number of aromatic nitrogens is 10. The number of ether oxygens (including phenoxy) is 2. The molecule has 7 aromatic heterocycles. The molecule has 0 saturated carbocycles. The average Bonchev–Trinajstić information content (AvgIpc) is 1.60. The number of rotatable bonds is 18. The number of carbonyl (C=O) groups excluding carboxylic acids is 2. The molecule has 0 aliphatic carbocycles. The highest BCUT2D eigenvalue weighted by molar-refractivity contribution is 9.11. The molecule has 0 amide bonds. The largest absolute Gasteiger partial charge is 0.505 e. The van der Waals surface area contributed by atoms with Crippen LogP contribution in [0.3, 0.4) is 0 Å². The molecule has 0 spiro atoms. The summed E-state index contributed by atoms with van der Waals surface area (Å²) in [5.74, 6) is -2.04. The summed E-state index contributed by atoms with van der Waals surface area (Å²) >= 11 is 15.0. The number of nitro benzene ring substituents is 2. The highest BCUT2D eigenvalue weighted by Gasteiger charge is 2.28. The van der Waals surface area contributed by atoms with Gasteiger partial charge in [-0.05, 0) is 195 Å². The van der Waals surface area contributed by atoms with E-state index in [9.17, 15) is 66.2 Å². The number of esters is 2. The van der Waals surface area contributed by atoms with E-state index in [-0.39, 0.29) is 54.7 Å². The van der Waals surface area contributed by atoms with E-state index in [1.807, 2.05) is 138 Å². The Hall–Kier alpha value is -13.4. The predicted octanol–water partition coefficient (Wildman–Crippen LogP) is 22.8. The van der Waals surface area contributed by atoms with Gasteiger partial charge in [0.1, 0.15) is 34.0 Å². The van der Waals surface area contributed by atoms with E-state index >= 15 is 4.39 Å². The first-order valence-corrected chi connectivity index (χ1v) is 44.8. The Balaban J connectivity index is 0.000000174. The van der Waals surface area contributed by atoms with Gasteiger partial charge in [-0.1, -0.05) is 135 Å². The van der Waals surface area contributed by atoms with Crippen molar-refractivity contribution in [3.63, 3.8) is 0 Å². The minimum absolute atomic E-state index is 0.112. The number of nitro groups is 2. The average molecular weight is 2170 g/mol. The Labute approximate surface area is 812 Å². The lowest BCUT2D eigenvalue weighted by atomic mass is 9.86. The van der Waals surface area contributed by atoms with Crippen molar-refractivity contribution < 1.29 is 69.7 Å². The van der Waals surface area contributed by atoms with E-state index in [0.29, 0.717) is 134 Å². The molecule has 0 saturated heterocycles. The second-order valence-electron chi connectivity index (χ2n) is 29.2. The third kappa shape index (κ3) is 24.6. The van der Waals surface area contributed by atoms with Gasteiger partial charge >= 0.3 is 24.7 Å². The third-order valence-electron chi connectivity index (χ3n) is 20.8. The molecular weight excluding hydrogens is 2080 g/mol. The highest BCUT2D eigenvalue weighted by Crippen LogP contribution is 2.39. The molecule has 10 aromatic carbocycles. The van der Waals surface area contributed by atoms with Crippen LogP contribution in [0.1, 0.15) is 74.3 Å². The first-order valence-electron chi connectivity index (χ1n) is 40.9. The first kappa shape index (κ1) is 104. The van der Waals surface area contributed by atoms with Crippen molar-refractivity contribution >= 4 is 199 Å². The second-order valence-corrected chi connectivity index (χ2v) is 33.5. The van der Waals surface area contributed by atoms with E-state index in [1.54, 1.807) is 96.5 Å². The number of H-pyrrole nitrogens is 2. The Morgan fingerprint density at radius 3 is 1.16 bits per heavy atom. The second kappa shape index (κ2) is 47.5. The predicted molar refractivity (Wildman–Crippen MR) is 531 cm³/mol. The van der Waals surface area contributed by atoms with Gasteiger partial charge in [-0.3, -0.25) is 20.2 Å². The lowest BCUT2D eigenvalue weighted by Crippen LogP contribution is -2.30. The van der Waals surface area contributed by atoms with E-state index < -0.39 is 52.0 Å². The smallest absolute Gasteiger partial charge is 0.465 e. The molecule has 0 atom stereocenters. The molecule has 135 heavy (non-hydrogen) atoms. The molecule has 27 nitrogen and oxygen atoms in total. The fourth-order valence-electron chi connectivity index (χ4n) is 13.9. The zero-order valence-corrected chi connectivity index (χ0v) is 82.3. The van der Waals surface area contributed by atoms with Crippen LogP contribution in [0.25, 0.3) is 66.2 Å². The van der Waals surface area contributed by atoms with Gasteiger partial charge in [0.25, 0.3) is 5.69 Å². The van der Waals surface area contributed by atoms with Crippen molar-refractivity contribution in [1.82, 2.24) is 48.6 Å². The minimum Gasteiger partial charge on any atom is -0.465 e. The summed E-state index contributed by atoms with van der Waals surface area (Å²) in [5.41, 5.74) is 15.7. The van der Waals surface area contributed by atoms with Crippen LogP contribution in [0.2, 0.25) is 0 Å². The maximum absolute atomic E-state index is 15.9. The van der Waals surface area contributed by atoms with Gasteiger partial charge in [-0.15, -0.1) is 0 Å². The van der Waals surface area contributed by atoms with Crippen LogP contribution >= 0.6 is 79.6 Å². The molecule has 700 valence electrons. The molecule has 17 aromatic rings. The number of hydrogen-bond acceptors (Lipinski definition) is 20. The van der Waals surface area contributed by atoms with Gasteiger partial charge in [0.2, 0.25) is 5.82 Å². The van der Waals surface area contributed by atoms with Gasteiger partial charge in [0.05, 0.1) is 96.5 Å². The van der Waals surface area contributed by atoms with Crippen LogP contribution in [0, 0.1) is 81.7 Å². The molecule has 0 unspecified atom stereocenters. The number of aryl methyl sites for hydroxylation is 6. The lowest BCUT2D eigenvalue weighted by Gasteiger charge is -2.25. The van der Waals surface area contributed by atoms with E-state index in [1.165, 1.54) is 45.8 Å². The van der Waals surface area contributed by atoms with Gasteiger partial charge in [0, 0.05) is 114 Å². The highest BCUT2D eigenvalue weighted by atomic mass is 79.9. The van der Waals surface area contributed by atoms with Crippen molar-refractivity contribution in [3.05, 3.63) is 353 Å². The van der Waals surface area contributed by atoms with E-state index in [2.05, 4.69) is 154 Å². The molecule has 0 radical (unpaired) electrons. The molecule has 0 bridgehead atoms. The topological polar surface area (TPSA) is 347 Å². The molecule has 0 aliphatic heterocycles. The number of imidazole rings is 3. The Morgan fingerprint density at radius 2 is 0.793 bits per heavy atom. The zero-order valence-electron chi connectivity index (χ0n) is 74.3. The van der Waals surface area contributed by atoms with Gasteiger partial charge in [-0.2, -0.15) is 4.39 Å². The molecule has 8 N–H and O–H groups in total. The fraction of sp³-hybridized carbons (Fsp3) is 0.168. The maximum atomic E-state index is 15.9. The lowest BCUT2D eigenvalue weighted by molar-refractivity contribution is -0.387. The summed E-state index contributed by atoms with van der Waals surface area (Å²) in [6, 6.07) is 61.8. The number of carbonyl (C=O) groups is 2. The number of aromatic amines is 2. The fourth-order valence-corrected chi connectivity index (χ4v) is 15.5. The van der Waals surface area contributed by atoms with Crippen molar-refractivity contribution in [2.45, 2.75) is 60.8 Å². The van der Waals surface area contributed by atoms with E-state index in [0.717, 1.165) is 51.9 Å². The van der Waals surface area contributed by atoms with Gasteiger partial charge in [-0.25, -0.2) is 60.9 Å². The number of benzene rings is 10. The number of methoxy groups -OCH3 is 2. The standard InChI is InChI=1S/C32H28FN5O2.C23H22BN3O4.2C9H8BrFN2.C7H6BrFN2O2.C7H8BrFN2.C6H2BrF2NO2.C2H6/c1-20-35-26-15-14-23(28(33)30(26)37(20)2)27-16-24-25(32(39)40-3)17-34-31(29(24)36-27)38(18-21-10-6-4-7-11-21)19-22-12-8-5-9-13-22;1-31-23(28)19-13-25-22(21-18(19)12-20(26-21)24(29)30)27(14-16-8-4-2-5-9-16)15-17-10-6-3-7-11-17;2*1-5-12-7-4-3-6(10)8(11)9(7)13(5)2;1-10-7-5(11(12)13)3-2-4(8)6(7)9;1-11-7-5(10)3-2-4(8)6(7)9;7-3-1-2-4(10(11)12)6(9)5(3)8;1-2/h4-17,36H,18-19H2,1-3H3;2-13,26,29-30H,14-15H2,1H3;2*3-4H,1-2H3;2-3,10H,1H3;2-3,11H,10H2,1H3;1-2H;1-2H3. The van der Waals surface area contributed by atoms with Crippen molar-refractivity contribution in [2.75, 3.05) is 54.5 Å². The quantitative estimate of drug-likeness (QED) is 0.00798. The Kier molecular flexibility index (Phi) is 36.5. The van der Waals surface area contributed by atoms with Crippen LogP contribution in [0.15, 0.2) is 241 Å². The van der Waals surface area contributed by atoms with Gasteiger partial charge in [0.15, 0.2) is 52.2 Å². The van der Waals surface area contributed by atoms with Crippen LogP contribution in [0.4, 0.5) is 70.8 Å². The summed E-state index contributed by atoms with van der Waals surface area (Å²) in [5, 5.41) is 46.1. The molecule has 17 rings (SSSR count). The number of nitrogens with one attached hydrogen (secondary N) is 4. The van der Waals surface area contributed by atoms with Crippen molar-refractivity contribution in [3.8, 4) is 11.3 Å². The molecule has 0 fully saturated rings. The molecule has 0 aliphatic rings. The Bertz CT molecular complexity index is 6940. The van der Waals surface area contributed by atoms with Crippen molar-refractivity contribution in [2.24, 2.45) is 21.1 Å².